The van der Waals surface area contributed by atoms with Gasteiger partial charge in [0, 0.05) is 45.0 Å². The lowest BCUT2D eigenvalue weighted by molar-refractivity contribution is 0.0572. The van der Waals surface area contributed by atoms with Crippen LogP contribution in [0.3, 0.4) is 0 Å². The number of carbonyl (C=O) groups excluding carboxylic acids is 1. The molecule has 24 heavy (non-hydrogen) atoms. The van der Waals surface area contributed by atoms with E-state index in [-0.39, 0.29) is 6.03 Å². The highest BCUT2D eigenvalue weighted by molar-refractivity contribution is 5.90. The van der Waals surface area contributed by atoms with Crippen LogP contribution in [0.15, 0.2) is 18.2 Å². The third-order valence-electron chi connectivity index (χ3n) is 4.75. The highest BCUT2D eigenvalue weighted by atomic mass is 16.5. The molecule has 0 aliphatic carbocycles. The number of carbonyl (C=O) groups is 1. The van der Waals surface area contributed by atoms with Gasteiger partial charge < -0.3 is 15.0 Å². The summed E-state index contributed by atoms with van der Waals surface area (Å²) < 4.78 is 5.68. The number of nitrogens with one attached hydrogen (secondary N) is 1. The predicted molar refractivity (Wildman–Crippen MR) is 91.9 cm³/mol. The molecule has 2 aliphatic rings. The van der Waals surface area contributed by atoms with Gasteiger partial charge in [0.2, 0.25) is 0 Å². The molecule has 128 valence electrons. The molecule has 2 aliphatic heterocycles. The average molecular weight is 328 g/mol. The van der Waals surface area contributed by atoms with E-state index in [4.69, 9.17) is 10.00 Å². The number of amides is 2. The molecule has 6 heteroatoms. The topological polar surface area (TPSA) is 68.6 Å². The Balaban J connectivity index is 1.51. The molecule has 0 bridgehead atoms. The van der Waals surface area contributed by atoms with Crippen molar-refractivity contribution < 1.29 is 9.53 Å². The van der Waals surface area contributed by atoms with Crippen molar-refractivity contribution in [3.05, 3.63) is 29.3 Å². The van der Waals surface area contributed by atoms with Gasteiger partial charge in [-0.1, -0.05) is 6.07 Å². The molecule has 0 saturated carbocycles. The molecule has 0 aromatic heterocycles. The Morgan fingerprint density at radius 1 is 1.38 bits per heavy atom. The number of hydrogen-bond acceptors (Lipinski definition) is 4. The van der Waals surface area contributed by atoms with Crippen LogP contribution in [0, 0.1) is 18.3 Å². The molecule has 1 unspecified atom stereocenters. The maximum absolute atomic E-state index is 12.5. The lowest BCUT2D eigenvalue weighted by Gasteiger charge is -2.35. The number of urea groups is 1. The average Bonchev–Trinajstić information content (AvgIpc) is 3.10. The van der Waals surface area contributed by atoms with Crippen LogP contribution in [0.1, 0.15) is 24.0 Å². The third-order valence-corrected chi connectivity index (χ3v) is 4.75. The number of rotatable bonds is 3. The number of anilines is 1. The van der Waals surface area contributed by atoms with Gasteiger partial charge in [-0.15, -0.1) is 0 Å². The minimum atomic E-state index is -0.0926. The van der Waals surface area contributed by atoms with Gasteiger partial charge in [0.15, 0.2) is 0 Å². The smallest absolute Gasteiger partial charge is 0.321 e. The molecule has 2 saturated heterocycles. The summed E-state index contributed by atoms with van der Waals surface area (Å²) in [5.41, 5.74) is 2.22. The minimum absolute atomic E-state index is 0.0926. The summed E-state index contributed by atoms with van der Waals surface area (Å²) in [6.07, 6.45) is 2.67. The maximum Gasteiger partial charge on any atom is 0.321 e. The number of hydrogen-bond donors (Lipinski definition) is 1. The van der Waals surface area contributed by atoms with Crippen LogP contribution in [0.5, 0.6) is 0 Å². The van der Waals surface area contributed by atoms with Crippen LogP contribution in [0.2, 0.25) is 0 Å². The number of benzene rings is 1. The zero-order valence-electron chi connectivity index (χ0n) is 14.1. The first-order valence-electron chi connectivity index (χ1n) is 8.56. The van der Waals surface area contributed by atoms with Crippen molar-refractivity contribution in [2.24, 2.45) is 0 Å². The maximum atomic E-state index is 12.5. The minimum Gasteiger partial charge on any atom is -0.377 e. The van der Waals surface area contributed by atoms with Crippen molar-refractivity contribution in [2.45, 2.75) is 25.9 Å². The molecule has 1 aromatic rings. The number of nitrogens with zero attached hydrogens (tertiary/aromatic N) is 3. The summed E-state index contributed by atoms with van der Waals surface area (Å²) in [5.74, 6) is 0. The van der Waals surface area contributed by atoms with E-state index in [1.54, 1.807) is 12.1 Å². The highest BCUT2D eigenvalue weighted by Crippen LogP contribution is 2.18. The first-order valence-corrected chi connectivity index (χ1v) is 8.56. The molecule has 6 nitrogen and oxygen atoms in total. The Morgan fingerprint density at radius 3 is 2.83 bits per heavy atom. The van der Waals surface area contributed by atoms with E-state index in [1.807, 2.05) is 17.9 Å². The van der Waals surface area contributed by atoms with Gasteiger partial charge >= 0.3 is 6.03 Å². The van der Waals surface area contributed by atoms with Gasteiger partial charge in [-0.05, 0) is 37.5 Å². The molecular weight excluding hydrogens is 304 g/mol. The lowest BCUT2D eigenvalue weighted by atomic mass is 10.1. The van der Waals surface area contributed by atoms with Crippen LogP contribution in [-0.4, -0.2) is 61.3 Å². The Bertz CT molecular complexity index is 626. The van der Waals surface area contributed by atoms with Gasteiger partial charge in [-0.2, -0.15) is 5.26 Å². The van der Waals surface area contributed by atoms with Crippen molar-refractivity contribution in [2.75, 3.05) is 44.6 Å². The van der Waals surface area contributed by atoms with Gasteiger partial charge in [0.25, 0.3) is 0 Å². The van der Waals surface area contributed by atoms with Crippen LogP contribution in [-0.2, 0) is 4.74 Å². The first kappa shape index (κ1) is 16.7. The molecule has 1 atom stereocenters. The largest absolute Gasteiger partial charge is 0.377 e. The first-order chi connectivity index (χ1) is 11.7. The van der Waals surface area contributed by atoms with E-state index in [1.165, 1.54) is 0 Å². The summed E-state index contributed by atoms with van der Waals surface area (Å²) in [5, 5.41) is 11.9. The van der Waals surface area contributed by atoms with E-state index >= 15 is 0 Å². The van der Waals surface area contributed by atoms with Gasteiger partial charge in [0.05, 0.1) is 17.7 Å². The van der Waals surface area contributed by atoms with E-state index in [2.05, 4.69) is 16.3 Å². The SMILES string of the molecule is Cc1ccc(C#N)cc1NC(=O)N1CCN(CC2CCCO2)CC1. The van der Waals surface area contributed by atoms with Crippen LogP contribution in [0.25, 0.3) is 0 Å². The number of ether oxygens (including phenoxy) is 1. The number of aryl methyl sites for hydroxylation is 1. The second kappa shape index (κ2) is 7.65. The molecule has 0 spiro atoms. The fourth-order valence-corrected chi connectivity index (χ4v) is 3.23. The summed E-state index contributed by atoms with van der Waals surface area (Å²) >= 11 is 0. The van der Waals surface area contributed by atoms with Crippen molar-refractivity contribution >= 4 is 11.7 Å². The summed E-state index contributed by atoms with van der Waals surface area (Å²) in [6, 6.07) is 7.35. The van der Waals surface area contributed by atoms with E-state index in [0.717, 1.165) is 57.7 Å². The molecule has 2 fully saturated rings. The monoisotopic (exact) mass is 328 g/mol. The fraction of sp³-hybridized carbons (Fsp3) is 0.556. The molecular formula is C18H24N4O2. The van der Waals surface area contributed by atoms with Crippen molar-refractivity contribution in [3.8, 4) is 6.07 Å². The molecule has 0 radical (unpaired) electrons. The van der Waals surface area contributed by atoms with Crippen molar-refractivity contribution in [3.63, 3.8) is 0 Å². The fourth-order valence-electron chi connectivity index (χ4n) is 3.23. The summed E-state index contributed by atoms with van der Waals surface area (Å²) in [7, 11) is 0. The van der Waals surface area contributed by atoms with E-state index in [9.17, 15) is 4.79 Å². The van der Waals surface area contributed by atoms with Gasteiger partial charge in [-0.3, -0.25) is 4.90 Å². The van der Waals surface area contributed by atoms with E-state index < -0.39 is 0 Å². The Labute approximate surface area is 143 Å². The molecule has 1 N–H and O–H groups in total. The predicted octanol–water partition coefficient (Wildman–Crippen LogP) is 2.20. The Kier molecular flexibility index (Phi) is 5.34. The third kappa shape index (κ3) is 4.05. The standard InChI is InChI=1S/C18H24N4O2/c1-14-4-5-15(12-19)11-17(14)20-18(23)22-8-6-21(7-9-22)13-16-3-2-10-24-16/h4-5,11,16H,2-3,6-10,13H2,1H3,(H,20,23). The second-order valence-corrected chi connectivity index (χ2v) is 6.49. The quantitative estimate of drug-likeness (QED) is 0.923. The van der Waals surface area contributed by atoms with E-state index in [0.29, 0.717) is 17.4 Å². The van der Waals surface area contributed by atoms with Crippen LogP contribution in [0.4, 0.5) is 10.5 Å². The molecule has 2 amide bonds. The summed E-state index contributed by atoms with van der Waals surface area (Å²) in [6.45, 7) is 6.98. The molecule has 3 rings (SSSR count). The Morgan fingerprint density at radius 2 is 2.17 bits per heavy atom. The second-order valence-electron chi connectivity index (χ2n) is 6.49. The normalized spacial score (nSPS) is 21.5. The molecule has 2 heterocycles. The highest BCUT2D eigenvalue weighted by Gasteiger charge is 2.25. The Hall–Kier alpha value is -2.10. The van der Waals surface area contributed by atoms with Crippen LogP contribution < -0.4 is 5.32 Å². The van der Waals surface area contributed by atoms with Crippen LogP contribution >= 0.6 is 0 Å². The number of piperazine rings is 1. The number of nitriles is 1. The van der Waals surface area contributed by atoms with Crippen molar-refractivity contribution in [1.82, 2.24) is 9.80 Å². The molecule has 1 aromatic carbocycles. The zero-order chi connectivity index (χ0) is 16.9. The summed E-state index contributed by atoms with van der Waals surface area (Å²) in [4.78, 5) is 16.7. The van der Waals surface area contributed by atoms with Gasteiger partial charge in [-0.25, -0.2) is 4.79 Å². The van der Waals surface area contributed by atoms with Crippen molar-refractivity contribution in [1.29, 1.82) is 5.26 Å². The zero-order valence-corrected chi connectivity index (χ0v) is 14.1. The lowest BCUT2D eigenvalue weighted by Crippen LogP contribution is -2.51. The van der Waals surface area contributed by atoms with Gasteiger partial charge in [0.1, 0.15) is 0 Å².